The summed E-state index contributed by atoms with van der Waals surface area (Å²) in [4.78, 5) is 11.3. The molecule has 2 aromatic carbocycles. The molecule has 0 fully saturated rings. The number of hydrogen-bond donors (Lipinski definition) is 0. The molecule has 2 rings (SSSR count). The molecule has 2 aromatic rings. The highest BCUT2D eigenvalue weighted by atomic mass is 28.2. The maximum atomic E-state index is 11.3. The lowest BCUT2D eigenvalue weighted by Crippen LogP contribution is -2.34. The van der Waals surface area contributed by atoms with E-state index in [0.717, 1.165) is 17.4 Å². The second kappa shape index (κ2) is 5.53. The van der Waals surface area contributed by atoms with E-state index in [2.05, 4.69) is 45.0 Å². The number of aryl methyl sites for hydroxylation is 3. The van der Waals surface area contributed by atoms with E-state index in [1.54, 1.807) is 0 Å². The smallest absolute Gasteiger partial charge is 0.150 e. The Labute approximate surface area is 117 Å². The summed E-state index contributed by atoms with van der Waals surface area (Å²) in [6.45, 7) is 8.37. The lowest BCUT2D eigenvalue weighted by molar-refractivity contribution is 0.112. The van der Waals surface area contributed by atoms with E-state index in [0.29, 0.717) is 9.52 Å². The predicted molar refractivity (Wildman–Crippen MR) is 82.2 cm³/mol. The van der Waals surface area contributed by atoms with Crippen LogP contribution in [0.25, 0.3) is 0 Å². The minimum absolute atomic E-state index is 0.542. The van der Waals surface area contributed by atoms with Crippen LogP contribution in [-0.2, 0) is 0 Å². The zero-order valence-electron chi connectivity index (χ0n) is 11.9. The lowest BCUT2D eigenvalue weighted by Gasteiger charge is -2.13. The monoisotopic (exact) mass is 266 g/mol. The van der Waals surface area contributed by atoms with Crippen molar-refractivity contribution >= 4 is 26.2 Å². The lowest BCUT2D eigenvalue weighted by atomic mass is 10.1. The zero-order chi connectivity index (χ0) is 14.0. The molecule has 0 N–H and O–H groups in total. The Balaban J connectivity index is 2.52. The van der Waals surface area contributed by atoms with E-state index in [-0.39, 0.29) is 0 Å². The molecule has 0 unspecified atom stereocenters. The van der Waals surface area contributed by atoms with Crippen molar-refractivity contribution < 1.29 is 4.79 Å². The van der Waals surface area contributed by atoms with Crippen LogP contribution < -0.4 is 10.4 Å². The highest BCUT2D eigenvalue weighted by Gasteiger charge is 2.12. The van der Waals surface area contributed by atoms with E-state index >= 15 is 0 Å². The molecule has 0 aromatic heterocycles. The van der Waals surface area contributed by atoms with Crippen LogP contribution in [0.1, 0.15) is 32.6 Å². The SMILES string of the molecule is Cc1cccc([Si]c2c(C)ccc(C)c2C=O)c1C. The summed E-state index contributed by atoms with van der Waals surface area (Å²) in [7, 11) is 0.542. The van der Waals surface area contributed by atoms with E-state index in [9.17, 15) is 4.79 Å². The van der Waals surface area contributed by atoms with Crippen molar-refractivity contribution in [1.82, 2.24) is 0 Å². The van der Waals surface area contributed by atoms with Crippen molar-refractivity contribution in [1.29, 1.82) is 0 Å². The van der Waals surface area contributed by atoms with Gasteiger partial charge in [-0.1, -0.05) is 41.1 Å². The van der Waals surface area contributed by atoms with Crippen molar-refractivity contribution in [2.45, 2.75) is 27.7 Å². The van der Waals surface area contributed by atoms with Crippen LogP contribution in [-0.4, -0.2) is 15.8 Å². The van der Waals surface area contributed by atoms with Gasteiger partial charge in [0.15, 0.2) is 0 Å². The molecule has 0 amide bonds. The molecule has 0 aliphatic carbocycles. The van der Waals surface area contributed by atoms with Gasteiger partial charge >= 0.3 is 0 Å². The summed E-state index contributed by atoms with van der Waals surface area (Å²) in [5, 5.41) is 2.51. The number of benzene rings is 2. The number of hydrogen-bond acceptors (Lipinski definition) is 1. The molecule has 2 radical (unpaired) electrons. The van der Waals surface area contributed by atoms with Crippen molar-refractivity contribution in [3.63, 3.8) is 0 Å². The first kappa shape index (κ1) is 13.8. The zero-order valence-corrected chi connectivity index (χ0v) is 12.9. The van der Waals surface area contributed by atoms with Crippen LogP contribution >= 0.6 is 0 Å². The largest absolute Gasteiger partial charge is 0.298 e. The molecule has 0 aliphatic rings. The van der Waals surface area contributed by atoms with Gasteiger partial charge in [-0.05, 0) is 49.6 Å². The Kier molecular flexibility index (Phi) is 4.01. The molecule has 0 atom stereocenters. The summed E-state index contributed by atoms with van der Waals surface area (Å²) in [6.07, 6.45) is 0.996. The Morgan fingerprint density at radius 2 is 1.58 bits per heavy atom. The molecular formula is C17H18OSi. The molecule has 96 valence electrons. The maximum Gasteiger partial charge on any atom is 0.150 e. The predicted octanol–water partition coefficient (Wildman–Crippen LogP) is 2.39. The highest BCUT2D eigenvalue weighted by Crippen LogP contribution is 2.07. The fourth-order valence-electron chi connectivity index (χ4n) is 2.17. The summed E-state index contributed by atoms with van der Waals surface area (Å²) >= 11 is 0. The van der Waals surface area contributed by atoms with Crippen molar-refractivity contribution in [3.05, 3.63) is 58.1 Å². The molecule has 0 saturated heterocycles. The average molecular weight is 266 g/mol. The van der Waals surface area contributed by atoms with Gasteiger partial charge in [-0.15, -0.1) is 0 Å². The summed E-state index contributed by atoms with van der Waals surface area (Å²) in [5.74, 6) is 0. The molecule has 19 heavy (non-hydrogen) atoms. The first-order valence-electron chi connectivity index (χ1n) is 6.43. The van der Waals surface area contributed by atoms with E-state index in [1.165, 1.54) is 27.1 Å². The van der Waals surface area contributed by atoms with Crippen LogP contribution in [0.4, 0.5) is 0 Å². The highest BCUT2D eigenvalue weighted by molar-refractivity contribution is 6.69. The van der Waals surface area contributed by atoms with Gasteiger partial charge in [0.2, 0.25) is 0 Å². The van der Waals surface area contributed by atoms with E-state index in [1.807, 2.05) is 13.0 Å². The number of carbonyl (C=O) groups is 1. The standard InChI is InChI=1S/C17H18OSi/c1-11-6-5-7-16(14(11)4)19-17-13(3)9-8-12(2)15(17)10-18/h5-10H,1-4H3. The van der Waals surface area contributed by atoms with Crippen molar-refractivity contribution in [2.24, 2.45) is 0 Å². The van der Waals surface area contributed by atoms with Crippen molar-refractivity contribution in [2.75, 3.05) is 0 Å². The van der Waals surface area contributed by atoms with Crippen molar-refractivity contribution in [3.8, 4) is 0 Å². The Morgan fingerprint density at radius 1 is 0.895 bits per heavy atom. The normalized spacial score (nSPS) is 10.5. The Hall–Kier alpha value is -1.67. The molecule has 0 heterocycles. The molecule has 0 saturated carbocycles. The van der Waals surface area contributed by atoms with Gasteiger partial charge in [0.1, 0.15) is 15.8 Å². The van der Waals surface area contributed by atoms with Gasteiger partial charge in [-0.3, -0.25) is 4.79 Å². The molecular weight excluding hydrogens is 248 g/mol. The molecule has 2 heteroatoms. The van der Waals surface area contributed by atoms with Crippen LogP contribution in [0.15, 0.2) is 30.3 Å². The van der Waals surface area contributed by atoms with Gasteiger partial charge in [-0.25, -0.2) is 0 Å². The minimum Gasteiger partial charge on any atom is -0.298 e. The Bertz CT molecular complexity index is 629. The molecule has 1 nitrogen and oxygen atoms in total. The topological polar surface area (TPSA) is 17.1 Å². The van der Waals surface area contributed by atoms with Crippen LogP contribution in [0, 0.1) is 27.7 Å². The first-order valence-corrected chi connectivity index (χ1v) is 7.43. The molecule has 0 spiro atoms. The average Bonchev–Trinajstić information content (AvgIpc) is 2.39. The summed E-state index contributed by atoms with van der Waals surface area (Å²) in [5.41, 5.74) is 5.76. The van der Waals surface area contributed by atoms with Gasteiger partial charge in [0, 0.05) is 5.56 Å². The number of rotatable bonds is 3. The third-order valence-corrected chi connectivity index (χ3v) is 5.38. The third-order valence-electron chi connectivity index (χ3n) is 3.65. The first-order chi connectivity index (χ1) is 9.04. The second-order valence-electron chi connectivity index (χ2n) is 4.98. The van der Waals surface area contributed by atoms with Crippen LogP contribution in [0.2, 0.25) is 0 Å². The van der Waals surface area contributed by atoms with Gasteiger partial charge < -0.3 is 0 Å². The quantitative estimate of drug-likeness (QED) is 0.616. The number of carbonyl (C=O) groups excluding carboxylic acids is 1. The third kappa shape index (κ3) is 2.69. The second-order valence-corrected chi connectivity index (χ2v) is 6.27. The fraction of sp³-hybridized carbons (Fsp3) is 0.235. The van der Waals surface area contributed by atoms with E-state index < -0.39 is 0 Å². The van der Waals surface area contributed by atoms with Gasteiger partial charge in [-0.2, -0.15) is 0 Å². The van der Waals surface area contributed by atoms with Gasteiger partial charge in [0.25, 0.3) is 0 Å². The van der Waals surface area contributed by atoms with E-state index in [4.69, 9.17) is 0 Å². The minimum atomic E-state index is 0.542. The summed E-state index contributed by atoms with van der Waals surface area (Å²) < 4.78 is 0. The number of aldehydes is 1. The Morgan fingerprint density at radius 3 is 2.26 bits per heavy atom. The van der Waals surface area contributed by atoms with Crippen LogP contribution in [0.3, 0.4) is 0 Å². The maximum absolute atomic E-state index is 11.3. The van der Waals surface area contributed by atoms with Crippen LogP contribution in [0.5, 0.6) is 0 Å². The molecule has 0 bridgehead atoms. The fourth-order valence-corrected chi connectivity index (χ4v) is 3.68. The molecule has 0 aliphatic heterocycles. The van der Waals surface area contributed by atoms with Gasteiger partial charge in [0.05, 0.1) is 0 Å². The summed E-state index contributed by atoms with van der Waals surface area (Å²) in [6, 6.07) is 10.5.